The molecule has 2 heteroatoms. The zero-order chi connectivity index (χ0) is 11.9. The van der Waals surface area contributed by atoms with Gasteiger partial charge in [0.1, 0.15) is 0 Å². The minimum atomic E-state index is 0.576. The summed E-state index contributed by atoms with van der Waals surface area (Å²) in [7, 11) is 0. The molecule has 1 N–H and O–H groups in total. The summed E-state index contributed by atoms with van der Waals surface area (Å²) in [5.41, 5.74) is 4.51. The van der Waals surface area contributed by atoms with E-state index in [1.165, 1.54) is 37.8 Å². The Morgan fingerprint density at radius 1 is 1.41 bits per heavy atom. The van der Waals surface area contributed by atoms with Gasteiger partial charge in [0.2, 0.25) is 0 Å². The van der Waals surface area contributed by atoms with Gasteiger partial charge in [0.25, 0.3) is 0 Å². The highest BCUT2D eigenvalue weighted by molar-refractivity contribution is 8.00. The zero-order valence-electron chi connectivity index (χ0n) is 10.8. The van der Waals surface area contributed by atoms with Crippen LogP contribution in [0, 0.1) is 6.92 Å². The van der Waals surface area contributed by atoms with Crippen LogP contribution in [0.4, 0.5) is 0 Å². The summed E-state index contributed by atoms with van der Waals surface area (Å²) in [6.45, 7) is 3.38. The summed E-state index contributed by atoms with van der Waals surface area (Å²) < 4.78 is 0.576. The Hall–Kier alpha value is -0.470. The van der Waals surface area contributed by atoms with Gasteiger partial charge in [0, 0.05) is 17.3 Å². The lowest BCUT2D eigenvalue weighted by atomic mass is 10.0. The van der Waals surface area contributed by atoms with Gasteiger partial charge in [0.05, 0.1) is 0 Å². The van der Waals surface area contributed by atoms with Crippen LogP contribution in [0.5, 0.6) is 0 Å². The second-order valence-corrected chi connectivity index (χ2v) is 6.84. The third-order valence-electron chi connectivity index (χ3n) is 4.29. The fourth-order valence-electron chi connectivity index (χ4n) is 2.84. The number of fused-ring (bicyclic) bond motifs is 1. The van der Waals surface area contributed by atoms with Crippen LogP contribution >= 0.6 is 11.8 Å². The number of benzene rings is 1. The molecule has 2 aliphatic rings. The van der Waals surface area contributed by atoms with E-state index in [4.69, 9.17) is 0 Å². The van der Waals surface area contributed by atoms with Crippen LogP contribution in [0.3, 0.4) is 0 Å². The predicted molar refractivity (Wildman–Crippen MR) is 75.7 cm³/mol. The van der Waals surface area contributed by atoms with E-state index in [0.29, 0.717) is 10.8 Å². The van der Waals surface area contributed by atoms with Gasteiger partial charge in [-0.3, -0.25) is 0 Å². The van der Waals surface area contributed by atoms with Crippen molar-refractivity contribution in [2.45, 2.75) is 43.4 Å². The smallest absolute Gasteiger partial charge is 0.0326 e. The summed E-state index contributed by atoms with van der Waals surface area (Å²) in [5, 5.41) is 3.80. The summed E-state index contributed by atoms with van der Waals surface area (Å²) >= 11 is 2.04. The van der Waals surface area contributed by atoms with E-state index < -0.39 is 0 Å². The first-order valence-corrected chi connectivity index (χ1v) is 7.83. The summed E-state index contributed by atoms with van der Waals surface area (Å²) in [4.78, 5) is 0. The monoisotopic (exact) mass is 247 g/mol. The van der Waals surface area contributed by atoms with Crippen LogP contribution in [0.1, 0.15) is 42.0 Å². The van der Waals surface area contributed by atoms with Gasteiger partial charge in [-0.25, -0.2) is 0 Å². The molecule has 1 atom stereocenters. The third kappa shape index (κ3) is 2.25. The van der Waals surface area contributed by atoms with E-state index in [1.54, 1.807) is 11.1 Å². The lowest BCUT2D eigenvalue weighted by molar-refractivity contribution is 0.523. The Balaban J connectivity index is 1.69. The van der Waals surface area contributed by atoms with Gasteiger partial charge in [-0.2, -0.15) is 11.8 Å². The molecule has 1 aromatic rings. The Morgan fingerprint density at radius 3 is 2.94 bits per heavy atom. The number of nitrogens with one attached hydrogen (secondary N) is 1. The molecule has 17 heavy (non-hydrogen) atoms. The maximum Gasteiger partial charge on any atom is 0.0326 e. The van der Waals surface area contributed by atoms with E-state index >= 15 is 0 Å². The highest BCUT2D eigenvalue weighted by Crippen LogP contribution is 2.47. The van der Waals surface area contributed by atoms with E-state index in [2.05, 4.69) is 36.7 Å². The second-order valence-electron chi connectivity index (χ2n) is 5.56. The molecule has 0 saturated heterocycles. The van der Waals surface area contributed by atoms with Crippen molar-refractivity contribution < 1.29 is 0 Å². The highest BCUT2D eigenvalue weighted by Gasteiger charge is 2.42. The maximum atomic E-state index is 3.80. The second kappa shape index (κ2) is 4.33. The molecule has 3 rings (SSSR count). The molecule has 0 spiro atoms. The van der Waals surface area contributed by atoms with Gasteiger partial charge in [0.15, 0.2) is 0 Å². The summed E-state index contributed by atoms with van der Waals surface area (Å²) in [6, 6.07) is 7.53. The molecular weight excluding hydrogens is 226 g/mol. The molecule has 0 radical (unpaired) electrons. The largest absolute Gasteiger partial charge is 0.309 e. The van der Waals surface area contributed by atoms with Crippen molar-refractivity contribution in [1.29, 1.82) is 0 Å². The lowest BCUT2D eigenvalue weighted by Crippen LogP contribution is -2.28. The quantitative estimate of drug-likeness (QED) is 0.874. The first kappa shape index (κ1) is 11.6. The SMILES string of the molecule is CSC1(CNC2CCc3ccc(C)cc32)CC1. The summed E-state index contributed by atoms with van der Waals surface area (Å²) in [6.07, 6.45) is 7.58. The fraction of sp³-hybridized carbons (Fsp3) is 0.600. The number of hydrogen-bond donors (Lipinski definition) is 1. The Bertz CT molecular complexity index is 423. The van der Waals surface area contributed by atoms with Gasteiger partial charge < -0.3 is 5.32 Å². The van der Waals surface area contributed by atoms with Crippen molar-refractivity contribution in [2.75, 3.05) is 12.8 Å². The van der Waals surface area contributed by atoms with E-state index in [1.807, 2.05) is 11.8 Å². The number of aryl methyl sites for hydroxylation is 2. The first-order chi connectivity index (χ1) is 8.22. The lowest BCUT2D eigenvalue weighted by Gasteiger charge is -2.19. The molecule has 1 unspecified atom stereocenters. The summed E-state index contributed by atoms with van der Waals surface area (Å²) in [5.74, 6) is 0. The molecule has 0 aliphatic heterocycles. The van der Waals surface area contributed by atoms with Gasteiger partial charge >= 0.3 is 0 Å². The van der Waals surface area contributed by atoms with E-state index in [-0.39, 0.29) is 0 Å². The number of hydrogen-bond acceptors (Lipinski definition) is 2. The number of thioether (sulfide) groups is 1. The van der Waals surface area contributed by atoms with Crippen LogP contribution in [-0.2, 0) is 6.42 Å². The van der Waals surface area contributed by atoms with Crippen molar-refractivity contribution >= 4 is 11.8 Å². The molecule has 92 valence electrons. The minimum absolute atomic E-state index is 0.576. The molecule has 2 aliphatic carbocycles. The zero-order valence-corrected chi connectivity index (χ0v) is 11.6. The topological polar surface area (TPSA) is 12.0 Å². The molecular formula is C15H21NS. The Morgan fingerprint density at radius 2 is 2.24 bits per heavy atom. The van der Waals surface area contributed by atoms with E-state index in [0.717, 1.165) is 0 Å². The van der Waals surface area contributed by atoms with E-state index in [9.17, 15) is 0 Å². The van der Waals surface area contributed by atoms with Crippen molar-refractivity contribution in [2.24, 2.45) is 0 Å². The van der Waals surface area contributed by atoms with Crippen LogP contribution in [-0.4, -0.2) is 17.5 Å². The predicted octanol–water partition coefficient (Wildman–Crippen LogP) is 3.47. The van der Waals surface area contributed by atoms with Gasteiger partial charge in [-0.15, -0.1) is 0 Å². The highest BCUT2D eigenvalue weighted by atomic mass is 32.2. The Labute approximate surface area is 108 Å². The molecule has 1 nitrogen and oxygen atoms in total. The standard InChI is InChI=1S/C15H21NS/c1-11-3-4-12-5-6-14(13(12)9-11)16-10-15(17-2)7-8-15/h3-4,9,14,16H,5-8,10H2,1-2H3. The third-order valence-corrected chi connectivity index (χ3v) is 5.71. The van der Waals surface area contributed by atoms with Crippen LogP contribution in [0.2, 0.25) is 0 Å². The average Bonchev–Trinajstić information content (AvgIpc) is 3.02. The molecule has 0 heterocycles. The molecule has 1 saturated carbocycles. The van der Waals surface area contributed by atoms with Crippen molar-refractivity contribution in [3.63, 3.8) is 0 Å². The molecule has 0 aromatic heterocycles. The average molecular weight is 247 g/mol. The minimum Gasteiger partial charge on any atom is -0.309 e. The maximum absolute atomic E-state index is 3.80. The van der Waals surface area contributed by atoms with Crippen molar-refractivity contribution in [3.05, 3.63) is 34.9 Å². The van der Waals surface area contributed by atoms with Crippen LogP contribution in [0.15, 0.2) is 18.2 Å². The molecule has 0 amide bonds. The fourth-order valence-corrected chi connectivity index (χ4v) is 3.57. The normalized spacial score (nSPS) is 24.7. The first-order valence-electron chi connectivity index (χ1n) is 6.60. The van der Waals surface area contributed by atoms with Gasteiger partial charge in [-0.1, -0.05) is 23.8 Å². The van der Waals surface area contributed by atoms with Gasteiger partial charge in [-0.05, 0) is 50.0 Å². The van der Waals surface area contributed by atoms with Crippen molar-refractivity contribution in [3.8, 4) is 0 Å². The van der Waals surface area contributed by atoms with Crippen LogP contribution in [0.25, 0.3) is 0 Å². The van der Waals surface area contributed by atoms with Crippen LogP contribution < -0.4 is 5.32 Å². The molecule has 1 aromatic carbocycles. The molecule has 0 bridgehead atoms. The Kier molecular flexibility index (Phi) is 2.95. The number of rotatable bonds is 4. The van der Waals surface area contributed by atoms with Crippen molar-refractivity contribution in [1.82, 2.24) is 5.32 Å². The molecule has 1 fully saturated rings.